The van der Waals surface area contributed by atoms with Crippen molar-refractivity contribution in [2.75, 3.05) is 19.6 Å². The van der Waals surface area contributed by atoms with Crippen molar-refractivity contribution >= 4 is 35.0 Å². The Hall–Kier alpha value is -2.81. The normalized spacial score (nSPS) is 15.8. The average molecular weight is 456 g/mol. The highest BCUT2D eigenvalue weighted by Gasteiger charge is 2.31. The molecule has 0 aromatic heterocycles. The van der Waals surface area contributed by atoms with E-state index in [4.69, 9.17) is 28.5 Å². The second-order valence-electron chi connectivity index (χ2n) is 7.54. The maximum Gasteiger partial charge on any atom is 0.253 e. The zero-order valence-corrected chi connectivity index (χ0v) is 18.6. The molecule has 2 amide bonds. The first-order valence-electron chi connectivity index (χ1n) is 10.1. The van der Waals surface area contributed by atoms with Gasteiger partial charge in [-0.05, 0) is 48.7 Å². The maximum atomic E-state index is 13.3. The van der Waals surface area contributed by atoms with Gasteiger partial charge in [0, 0.05) is 31.7 Å². The topological polar surface area (TPSA) is 64.4 Å². The first kappa shape index (κ1) is 22.9. The molecule has 0 bridgehead atoms. The minimum Gasteiger partial charge on any atom is -0.338 e. The van der Waals surface area contributed by atoms with Gasteiger partial charge in [-0.15, -0.1) is 6.58 Å². The fourth-order valence-corrected chi connectivity index (χ4v) is 4.08. The van der Waals surface area contributed by atoms with Crippen LogP contribution in [0.5, 0.6) is 0 Å². The van der Waals surface area contributed by atoms with Gasteiger partial charge in [-0.3, -0.25) is 9.59 Å². The van der Waals surface area contributed by atoms with Gasteiger partial charge in [0.15, 0.2) is 0 Å². The largest absolute Gasteiger partial charge is 0.338 e. The van der Waals surface area contributed by atoms with Crippen LogP contribution >= 0.6 is 23.2 Å². The van der Waals surface area contributed by atoms with Crippen molar-refractivity contribution in [2.24, 2.45) is 5.92 Å². The number of halogens is 2. The lowest BCUT2D eigenvalue weighted by molar-refractivity contribution is -0.137. The molecule has 1 saturated heterocycles. The van der Waals surface area contributed by atoms with E-state index >= 15 is 0 Å². The number of benzene rings is 2. The van der Waals surface area contributed by atoms with Gasteiger partial charge >= 0.3 is 0 Å². The summed E-state index contributed by atoms with van der Waals surface area (Å²) in [6.45, 7) is 5.49. The van der Waals surface area contributed by atoms with Crippen LogP contribution in [0, 0.1) is 17.2 Å². The zero-order valence-electron chi connectivity index (χ0n) is 17.1. The molecule has 160 valence electrons. The smallest absolute Gasteiger partial charge is 0.253 e. The van der Waals surface area contributed by atoms with Crippen LogP contribution in [0.15, 0.2) is 55.1 Å². The molecule has 1 aliphatic rings. The van der Waals surface area contributed by atoms with E-state index in [1.807, 2.05) is 12.1 Å². The maximum absolute atomic E-state index is 13.3. The molecule has 1 atom stereocenters. The molecule has 1 aliphatic heterocycles. The summed E-state index contributed by atoms with van der Waals surface area (Å²) >= 11 is 12.0. The van der Waals surface area contributed by atoms with E-state index in [2.05, 4.69) is 12.6 Å². The van der Waals surface area contributed by atoms with Gasteiger partial charge in [0.05, 0.1) is 27.6 Å². The van der Waals surface area contributed by atoms with Crippen molar-refractivity contribution in [2.45, 2.75) is 19.4 Å². The first-order chi connectivity index (χ1) is 14.9. The Labute approximate surface area is 192 Å². The van der Waals surface area contributed by atoms with Gasteiger partial charge in [0.2, 0.25) is 5.91 Å². The lowest BCUT2D eigenvalue weighted by atomic mass is 9.95. The summed E-state index contributed by atoms with van der Waals surface area (Å²) in [5, 5.41) is 9.84. The van der Waals surface area contributed by atoms with E-state index < -0.39 is 0 Å². The number of nitriles is 1. The van der Waals surface area contributed by atoms with E-state index in [9.17, 15) is 9.59 Å². The lowest BCUT2D eigenvalue weighted by Gasteiger charge is -2.35. The lowest BCUT2D eigenvalue weighted by Crippen LogP contribution is -2.46. The number of nitrogens with zero attached hydrogens (tertiary/aromatic N) is 3. The molecule has 2 aromatic rings. The molecular formula is C24H23Cl2N3O2. The minimum absolute atomic E-state index is 0.0195. The Bertz CT molecular complexity index is 1030. The fourth-order valence-electron chi connectivity index (χ4n) is 3.78. The summed E-state index contributed by atoms with van der Waals surface area (Å²) in [7, 11) is 0. The van der Waals surface area contributed by atoms with Crippen LogP contribution in [0.1, 0.15) is 34.3 Å². The van der Waals surface area contributed by atoms with E-state index in [1.165, 1.54) is 0 Å². The number of likely N-dealkylation sites (tertiary alicyclic amines) is 1. The van der Waals surface area contributed by atoms with Crippen LogP contribution in [0.2, 0.25) is 10.0 Å². The van der Waals surface area contributed by atoms with Gasteiger partial charge in [0.1, 0.15) is 0 Å². The third kappa shape index (κ3) is 5.66. The molecule has 2 aromatic carbocycles. The van der Waals surface area contributed by atoms with Crippen molar-refractivity contribution in [3.8, 4) is 6.07 Å². The van der Waals surface area contributed by atoms with Gasteiger partial charge in [0.25, 0.3) is 5.91 Å². The van der Waals surface area contributed by atoms with Crippen molar-refractivity contribution in [1.29, 1.82) is 5.26 Å². The first-order valence-corrected chi connectivity index (χ1v) is 10.8. The van der Waals surface area contributed by atoms with Crippen molar-refractivity contribution in [3.05, 3.63) is 81.9 Å². The van der Waals surface area contributed by atoms with Gasteiger partial charge in [-0.2, -0.15) is 5.26 Å². The molecule has 0 spiro atoms. The molecule has 7 heteroatoms. The molecule has 1 fully saturated rings. The standard InChI is InChI=1S/C24H23Cl2N3O2/c1-2-10-28(15-18-6-3-5-17(12-18)14-27)24(31)20-7-4-11-29(16-20)23(30)19-8-9-21(25)22(26)13-19/h2-3,5-6,8-9,12-13,20H,1,4,7,10-11,15-16H2. The van der Waals surface area contributed by atoms with Crippen LogP contribution < -0.4 is 0 Å². The number of carbonyl (C=O) groups excluding carboxylic acids is 2. The Morgan fingerprint density at radius 2 is 2.03 bits per heavy atom. The Morgan fingerprint density at radius 3 is 2.74 bits per heavy atom. The molecule has 0 aliphatic carbocycles. The molecule has 5 nitrogen and oxygen atoms in total. The Morgan fingerprint density at radius 1 is 1.23 bits per heavy atom. The second-order valence-corrected chi connectivity index (χ2v) is 8.35. The highest BCUT2D eigenvalue weighted by Crippen LogP contribution is 2.26. The number of piperidine rings is 1. The fraction of sp³-hybridized carbons (Fsp3) is 0.292. The van der Waals surface area contributed by atoms with Crippen molar-refractivity contribution < 1.29 is 9.59 Å². The Balaban J connectivity index is 1.72. The summed E-state index contributed by atoms with van der Waals surface area (Å²) in [5.74, 6) is -0.471. The monoisotopic (exact) mass is 455 g/mol. The van der Waals surface area contributed by atoms with Gasteiger partial charge in [-0.1, -0.05) is 41.4 Å². The quantitative estimate of drug-likeness (QED) is 0.579. The zero-order chi connectivity index (χ0) is 22.4. The molecule has 0 saturated carbocycles. The summed E-state index contributed by atoms with van der Waals surface area (Å²) in [6, 6.07) is 14.1. The van der Waals surface area contributed by atoms with E-state index in [0.29, 0.717) is 47.4 Å². The molecule has 0 N–H and O–H groups in total. The van der Waals surface area contributed by atoms with Crippen molar-refractivity contribution in [1.82, 2.24) is 9.80 Å². The molecule has 31 heavy (non-hydrogen) atoms. The molecule has 0 radical (unpaired) electrons. The number of carbonyl (C=O) groups is 2. The molecular weight excluding hydrogens is 433 g/mol. The van der Waals surface area contributed by atoms with Gasteiger partial charge < -0.3 is 9.80 Å². The summed E-state index contributed by atoms with van der Waals surface area (Å²) in [4.78, 5) is 29.7. The molecule has 3 rings (SSSR count). The molecule has 1 heterocycles. The van der Waals surface area contributed by atoms with Gasteiger partial charge in [-0.25, -0.2) is 0 Å². The van der Waals surface area contributed by atoms with Crippen LogP contribution in [0.3, 0.4) is 0 Å². The minimum atomic E-state index is -0.292. The van der Waals surface area contributed by atoms with E-state index in [-0.39, 0.29) is 17.7 Å². The second kappa shape index (κ2) is 10.5. The van der Waals surface area contributed by atoms with Crippen molar-refractivity contribution in [3.63, 3.8) is 0 Å². The number of rotatable bonds is 6. The highest BCUT2D eigenvalue weighted by molar-refractivity contribution is 6.42. The predicted molar refractivity (Wildman–Crippen MR) is 122 cm³/mol. The summed E-state index contributed by atoms with van der Waals surface area (Å²) < 4.78 is 0. The summed E-state index contributed by atoms with van der Waals surface area (Å²) in [6.07, 6.45) is 3.15. The van der Waals surface area contributed by atoms with Crippen LogP contribution in [0.25, 0.3) is 0 Å². The Kier molecular flexibility index (Phi) is 7.73. The molecule has 1 unspecified atom stereocenters. The van der Waals surface area contributed by atoms with Crippen LogP contribution in [-0.4, -0.2) is 41.2 Å². The number of hydrogen-bond donors (Lipinski definition) is 0. The van der Waals surface area contributed by atoms with Crippen LogP contribution in [-0.2, 0) is 11.3 Å². The van der Waals surface area contributed by atoms with E-state index in [0.717, 1.165) is 18.4 Å². The van der Waals surface area contributed by atoms with Crippen LogP contribution in [0.4, 0.5) is 0 Å². The SMILES string of the molecule is C=CCN(Cc1cccc(C#N)c1)C(=O)C1CCCN(C(=O)c2ccc(Cl)c(Cl)c2)C1. The average Bonchev–Trinajstić information content (AvgIpc) is 2.80. The van der Waals surface area contributed by atoms with E-state index in [1.54, 1.807) is 46.2 Å². The number of hydrogen-bond acceptors (Lipinski definition) is 3. The summed E-state index contributed by atoms with van der Waals surface area (Å²) in [5.41, 5.74) is 1.90. The number of amides is 2. The highest BCUT2D eigenvalue weighted by atomic mass is 35.5. The predicted octanol–water partition coefficient (Wildman–Crippen LogP) is 4.93. The third-order valence-electron chi connectivity index (χ3n) is 5.32. The third-order valence-corrected chi connectivity index (χ3v) is 6.05.